The van der Waals surface area contributed by atoms with Crippen LogP contribution in [0.25, 0.3) is 0 Å². The van der Waals surface area contributed by atoms with Crippen molar-refractivity contribution >= 4 is 5.91 Å². The lowest BCUT2D eigenvalue weighted by Gasteiger charge is -2.20. The monoisotopic (exact) mass is 141 g/mol. The van der Waals surface area contributed by atoms with E-state index in [-0.39, 0.29) is 11.3 Å². The van der Waals surface area contributed by atoms with Crippen LogP contribution in [0.3, 0.4) is 0 Å². The van der Waals surface area contributed by atoms with E-state index in [1.807, 2.05) is 0 Å². The Balaban J connectivity index is 2.23. The zero-order valence-corrected chi connectivity index (χ0v) is 5.80. The molecular weight excluding hydrogens is 130 g/mol. The number of hydrogen-bond acceptors (Lipinski definition) is 2. The Labute approximate surface area is 59.5 Å². The predicted octanol–water partition coefficient (Wildman–Crippen LogP) is 0.0408. The molecule has 3 heteroatoms. The van der Waals surface area contributed by atoms with Gasteiger partial charge in [0.15, 0.2) is 0 Å². The molecule has 0 aromatic heterocycles. The molecular formula is C7H11NO2. The maximum Gasteiger partial charge on any atom is 0.226 e. The van der Waals surface area contributed by atoms with E-state index in [9.17, 15) is 4.79 Å². The largest absolute Gasteiger partial charge is 0.377 e. The summed E-state index contributed by atoms with van der Waals surface area (Å²) in [5.74, 6) is -0.174. The fraction of sp³-hybridized carbons (Fsp3) is 0.857. The highest BCUT2D eigenvalue weighted by Gasteiger charge is 2.50. The van der Waals surface area contributed by atoms with Gasteiger partial charge in [-0.25, -0.2) is 0 Å². The van der Waals surface area contributed by atoms with Crippen molar-refractivity contribution < 1.29 is 9.53 Å². The standard InChI is InChI=1S/C7H11NO2/c8-6(9)7-2-1-5(3-7)10-4-7/h5H,1-4H2,(H2,8,9). The summed E-state index contributed by atoms with van der Waals surface area (Å²) in [6, 6.07) is 0. The van der Waals surface area contributed by atoms with Gasteiger partial charge in [-0.2, -0.15) is 0 Å². The van der Waals surface area contributed by atoms with Gasteiger partial charge in [-0.3, -0.25) is 4.79 Å². The van der Waals surface area contributed by atoms with E-state index in [1.165, 1.54) is 0 Å². The summed E-state index contributed by atoms with van der Waals surface area (Å²) in [5, 5.41) is 0. The van der Waals surface area contributed by atoms with Crippen LogP contribution in [0, 0.1) is 5.41 Å². The molecule has 1 aliphatic heterocycles. The number of carbonyl (C=O) groups excluding carboxylic acids is 1. The Hall–Kier alpha value is -0.570. The molecule has 1 saturated carbocycles. The molecule has 1 heterocycles. The van der Waals surface area contributed by atoms with Gasteiger partial charge < -0.3 is 10.5 Å². The van der Waals surface area contributed by atoms with Gasteiger partial charge in [0.05, 0.1) is 18.1 Å². The first-order valence-electron chi connectivity index (χ1n) is 3.64. The van der Waals surface area contributed by atoms with Crippen LogP contribution in [-0.2, 0) is 9.53 Å². The topological polar surface area (TPSA) is 52.3 Å². The normalized spacial score (nSPS) is 44.2. The number of hydrogen-bond donors (Lipinski definition) is 1. The average molecular weight is 141 g/mol. The smallest absolute Gasteiger partial charge is 0.226 e. The van der Waals surface area contributed by atoms with Crippen LogP contribution in [-0.4, -0.2) is 18.6 Å². The highest BCUT2D eigenvalue weighted by Crippen LogP contribution is 2.45. The summed E-state index contributed by atoms with van der Waals surface area (Å²) >= 11 is 0. The number of ether oxygens (including phenoxy) is 1. The Morgan fingerprint density at radius 3 is 2.70 bits per heavy atom. The lowest BCUT2D eigenvalue weighted by Crippen LogP contribution is -2.36. The Morgan fingerprint density at radius 2 is 2.50 bits per heavy atom. The summed E-state index contributed by atoms with van der Waals surface area (Å²) in [6.07, 6.45) is 3.14. The van der Waals surface area contributed by atoms with Gasteiger partial charge in [0.2, 0.25) is 5.91 Å². The summed E-state index contributed by atoms with van der Waals surface area (Å²) in [7, 11) is 0. The number of nitrogens with two attached hydrogens (primary N) is 1. The van der Waals surface area contributed by atoms with Crippen LogP contribution in [0.15, 0.2) is 0 Å². The predicted molar refractivity (Wildman–Crippen MR) is 35.2 cm³/mol. The van der Waals surface area contributed by atoms with E-state index in [1.54, 1.807) is 0 Å². The molecule has 1 saturated heterocycles. The van der Waals surface area contributed by atoms with Crippen LogP contribution < -0.4 is 5.73 Å². The van der Waals surface area contributed by atoms with Gasteiger partial charge in [0.25, 0.3) is 0 Å². The molecule has 1 aliphatic carbocycles. The zero-order valence-electron chi connectivity index (χ0n) is 5.80. The number of fused-ring (bicyclic) bond motifs is 2. The molecule has 3 nitrogen and oxygen atoms in total. The molecule has 2 N–H and O–H groups in total. The van der Waals surface area contributed by atoms with Crippen LogP contribution in [0.4, 0.5) is 0 Å². The molecule has 0 aromatic rings. The summed E-state index contributed by atoms with van der Waals surface area (Å²) < 4.78 is 5.32. The van der Waals surface area contributed by atoms with Crippen LogP contribution in [0.1, 0.15) is 19.3 Å². The van der Waals surface area contributed by atoms with E-state index in [0.29, 0.717) is 12.7 Å². The molecule has 2 unspecified atom stereocenters. The van der Waals surface area contributed by atoms with Gasteiger partial charge >= 0.3 is 0 Å². The minimum Gasteiger partial charge on any atom is -0.377 e. The first-order chi connectivity index (χ1) is 4.73. The van der Waals surface area contributed by atoms with Crippen molar-refractivity contribution in [1.82, 2.24) is 0 Å². The van der Waals surface area contributed by atoms with Crippen molar-refractivity contribution in [2.45, 2.75) is 25.4 Å². The van der Waals surface area contributed by atoms with Gasteiger partial charge in [-0.15, -0.1) is 0 Å². The maximum atomic E-state index is 10.9. The van der Waals surface area contributed by atoms with Crippen molar-refractivity contribution in [3.05, 3.63) is 0 Å². The Morgan fingerprint density at radius 1 is 1.70 bits per heavy atom. The van der Waals surface area contributed by atoms with E-state index < -0.39 is 0 Å². The molecule has 2 bridgehead atoms. The molecule has 10 heavy (non-hydrogen) atoms. The first-order valence-corrected chi connectivity index (χ1v) is 3.64. The molecule has 0 spiro atoms. The molecule has 2 rings (SSSR count). The van der Waals surface area contributed by atoms with Gasteiger partial charge in [0, 0.05) is 0 Å². The van der Waals surface area contributed by atoms with Crippen molar-refractivity contribution in [3.8, 4) is 0 Å². The van der Waals surface area contributed by atoms with Crippen molar-refractivity contribution in [2.24, 2.45) is 11.1 Å². The van der Waals surface area contributed by atoms with Crippen molar-refractivity contribution in [1.29, 1.82) is 0 Å². The van der Waals surface area contributed by atoms with Crippen LogP contribution >= 0.6 is 0 Å². The van der Waals surface area contributed by atoms with Crippen LogP contribution in [0.5, 0.6) is 0 Å². The third-order valence-corrected chi connectivity index (χ3v) is 2.68. The number of carbonyl (C=O) groups is 1. The first kappa shape index (κ1) is 6.16. The molecule has 2 aliphatic rings. The SMILES string of the molecule is NC(=O)C12CCC(C1)OC2. The maximum absolute atomic E-state index is 10.9. The zero-order chi connectivity index (χ0) is 7.19. The summed E-state index contributed by atoms with van der Waals surface area (Å²) in [4.78, 5) is 10.9. The summed E-state index contributed by atoms with van der Waals surface area (Å²) in [5.41, 5.74) is 4.98. The Bertz CT molecular complexity index is 170. The summed E-state index contributed by atoms with van der Waals surface area (Å²) in [6.45, 7) is 0.562. The van der Waals surface area contributed by atoms with Gasteiger partial charge in [-0.1, -0.05) is 0 Å². The molecule has 1 amide bonds. The molecule has 0 radical (unpaired) electrons. The number of amides is 1. The molecule has 0 aromatic carbocycles. The quantitative estimate of drug-likeness (QED) is 0.560. The van der Waals surface area contributed by atoms with Crippen molar-refractivity contribution in [2.75, 3.05) is 6.61 Å². The van der Waals surface area contributed by atoms with Crippen molar-refractivity contribution in [3.63, 3.8) is 0 Å². The van der Waals surface area contributed by atoms with Gasteiger partial charge in [-0.05, 0) is 19.3 Å². The number of rotatable bonds is 1. The minimum atomic E-state index is -0.273. The minimum absolute atomic E-state index is 0.174. The highest BCUT2D eigenvalue weighted by atomic mass is 16.5. The fourth-order valence-corrected chi connectivity index (χ4v) is 1.92. The third-order valence-electron chi connectivity index (χ3n) is 2.68. The average Bonchev–Trinajstić information content (AvgIpc) is 2.45. The van der Waals surface area contributed by atoms with E-state index in [4.69, 9.17) is 10.5 Å². The van der Waals surface area contributed by atoms with E-state index in [2.05, 4.69) is 0 Å². The number of primary amides is 1. The van der Waals surface area contributed by atoms with Gasteiger partial charge in [0.1, 0.15) is 0 Å². The molecule has 2 fully saturated rings. The second-order valence-corrected chi connectivity index (χ2v) is 3.32. The lowest BCUT2D eigenvalue weighted by atomic mass is 9.88. The Kier molecular flexibility index (Phi) is 1.06. The highest BCUT2D eigenvalue weighted by molar-refractivity contribution is 5.81. The molecule has 56 valence electrons. The van der Waals surface area contributed by atoms with Crippen LogP contribution in [0.2, 0.25) is 0 Å². The third kappa shape index (κ3) is 0.611. The van der Waals surface area contributed by atoms with E-state index >= 15 is 0 Å². The lowest BCUT2D eigenvalue weighted by molar-refractivity contribution is -0.128. The second kappa shape index (κ2) is 1.72. The fourth-order valence-electron chi connectivity index (χ4n) is 1.92. The van der Waals surface area contributed by atoms with E-state index in [0.717, 1.165) is 19.3 Å². The second-order valence-electron chi connectivity index (χ2n) is 3.32. The molecule has 2 atom stereocenters.